The molecule has 20 heavy (non-hydrogen) atoms. The lowest BCUT2D eigenvalue weighted by atomic mass is 9.47. The zero-order valence-corrected chi connectivity index (χ0v) is 12.5. The Morgan fingerprint density at radius 2 is 1.45 bits per heavy atom. The molecule has 1 heterocycles. The Morgan fingerprint density at radius 3 is 1.90 bits per heavy atom. The first-order chi connectivity index (χ1) is 9.66. The summed E-state index contributed by atoms with van der Waals surface area (Å²) in [6.07, 6.45) is 12.0. The van der Waals surface area contributed by atoms with Gasteiger partial charge in [0.05, 0.1) is 6.04 Å². The molecule has 1 atom stereocenters. The molecule has 5 aliphatic rings. The number of piperidine rings is 1. The Balaban J connectivity index is 1.63. The van der Waals surface area contributed by atoms with Gasteiger partial charge in [-0.3, -0.25) is 9.69 Å². The van der Waals surface area contributed by atoms with Gasteiger partial charge in [0.1, 0.15) is 0 Å². The van der Waals surface area contributed by atoms with E-state index < -0.39 is 0 Å². The van der Waals surface area contributed by atoms with Gasteiger partial charge in [-0.05, 0) is 87.6 Å². The van der Waals surface area contributed by atoms with Gasteiger partial charge in [-0.2, -0.15) is 0 Å². The smallest absolute Gasteiger partial charge is 0.235 e. The van der Waals surface area contributed by atoms with Gasteiger partial charge in [0, 0.05) is 0 Å². The zero-order valence-electron chi connectivity index (χ0n) is 12.5. The van der Waals surface area contributed by atoms with Gasteiger partial charge in [0.2, 0.25) is 5.91 Å². The normalized spacial score (nSPS) is 45.5. The van der Waals surface area contributed by atoms with Gasteiger partial charge in [0.25, 0.3) is 0 Å². The first-order valence-electron chi connectivity index (χ1n) is 8.70. The number of carbonyl (C=O) groups is 1. The molecule has 3 nitrogen and oxygen atoms in total. The maximum atomic E-state index is 12.3. The summed E-state index contributed by atoms with van der Waals surface area (Å²) in [5, 5.41) is 0. The van der Waals surface area contributed by atoms with Crippen LogP contribution in [0.15, 0.2) is 0 Å². The Hall–Kier alpha value is -0.570. The third kappa shape index (κ3) is 2.01. The highest BCUT2D eigenvalue weighted by atomic mass is 16.1. The van der Waals surface area contributed by atoms with E-state index in [0.717, 1.165) is 30.8 Å². The highest BCUT2D eigenvalue weighted by Crippen LogP contribution is 2.62. The van der Waals surface area contributed by atoms with Gasteiger partial charge in [-0.1, -0.05) is 6.42 Å². The molecule has 1 unspecified atom stereocenters. The van der Waals surface area contributed by atoms with Crippen LogP contribution in [0.1, 0.15) is 57.8 Å². The predicted molar refractivity (Wildman–Crippen MR) is 79.0 cm³/mol. The van der Waals surface area contributed by atoms with Crippen molar-refractivity contribution in [2.45, 2.75) is 63.8 Å². The molecular formula is C17H28N2O. The van der Waals surface area contributed by atoms with Crippen molar-refractivity contribution < 1.29 is 4.79 Å². The summed E-state index contributed by atoms with van der Waals surface area (Å²) in [6.45, 7) is 2.19. The van der Waals surface area contributed by atoms with Gasteiger partial charge >= 0.3 is 0 Å². The summed E-state index contributed by atoms with van der Waals surface area (Å²) in [4.78, 5) is 14.8. The second kappa shape index (κ2) is 4.72. The van der Waals surface area contributed by atoms with Crippen molar-refractivity contribution in [3.63, 3.8) is 0 Å². The van der Waals surface area contributed by atoms with Crippen molar-refractivity contribution in [2.75, 3.05) is 13.1 Å². The standard InChI is InChI=1S/C17H28N2O/c18-16(20)15(19-4-2-1-3-5-19)17-9-12-6-13(10-17)8-14(7-12)11-17/h12-15H,1-11H2,(H2,18,20). The summed E-state index contributed by atoms with van der Waals surface area (Å²) in [5.41, 5.74) is 6.16. The number of primary amides is 1. The summed E-state index contributed by atoms with van der Waals surface area (Å²) >= 11 is 0. The van der Waals surface area contributed by atoms with Crippen LogP contribution < -0.4 is 5.73 Å². The second-order valence-corrected chi connectivity index (χ2v) is 8.18. The summed E-state index contributed by atoms with van der Waals surface area (Å²) in [6, 6.07) is 0.0381. The van der Waals surface area contributed by atoms with Crippen LogP contribution in [0.25, 0.3) is 0 Å². The average Bonchev–Trinajstić information content (AvgIpc) is 2.37. The van der Waals surface area contributed by atoms with Crippen molar-refractivity contribution in [2.24, 2.45) is 28.9 Å². The van der Waals surface area contributed by atoms with Gasteiger partial charge in [-0.15, -0.1) is 0 Å². The molecule has 5 fully saturated rings. The minimum atomic E-state index is -0.0335. The molecule has 5 rings (SSSR count). The zero-order chi connectivity index (χ0) is 13.7. The number of nitrogens with two attached hydrogens (primary N) is 1. The number of hydrogen-bond acceptors (Lipinski definition) is 2. The molecule has 4 bridgehead atoms. The summed E-state index contributed by atoms with van der Waals surface area (Å²) in [5.74, 6) is 2.66. The minimum Gasteiger partial charge on any atom is -0.368 e. The average molecular weight is 276 g/mol. The second-order valence-electron chi connectivity index (χ2n) is 8.18. The SMILES string of the molecule is NC(=O)C(N1CCCCC1)C12CC3CC(CC(C3)C1)C2. The van der Waals surface area contributed by atoms with Crippen molar-refractivity contribution in [1.82, 2.24) is 4.90 Å². The molecule has 112 valence electrons. The van der Waals surface area contributed by atoms with Crippen LogP contribution in [-0.2, 0) is 4.79 Å². The Labute approximate surface area is 122 Å². The fourth-order valence-electron chi connectivity index (χ4n) is 6.56. The van der Waals surface area contributed by atoms with Gasteiger partial charge < -0.3 is 5.73 Å². The third-order valence-corrected chi connectivity index (χ3v) is 6.69. The molecule has 1 amide bonds. The van der Waals surface area contributed by atoms with Crippen LogP contribution in [-0.4, -0.2) is 29.9 Å². The highest BCUT2D eigenvalue weighted by molar-refractivity contribution is 5.81. The molecule has 4 aliphatic carbocycles. The fraction of sp³-hybridized carbons (Fsp3) is 0.941. The van der Waals surface area contributed by atoms with Crippen LogP contribution in [0.4, 0.5) is 0 Å². The van der Waals surface area contributed by atoms with E-state index in [1.807, 2.05) is 0 Å². The van der Waals surface area contributed by atoms with Crippen LogP contribution in [0, 0.1) is 23.2 Å². The molecule has 0 aromatic heterocycles. The summed E-state index contributed by atoms with van der Waals surface area (Å²) in [7, 11) is 0. The van der Waals surface area contributed by atoms with E-state index in [4.69, 9.17) is 5.73 Å². The Bertz CT molecular complexity index is 365. The molecule has 0 radical (unpaired) electrons. The number of carbonyl (C=O) groups excluding carboxylic acids is 1. The van der Waals surface area contributed by atoms with Gasteiger partial charge in [-0.25, -0.2) is 0 Å². The first kappa shape index (κ1) is 13.1. The number of hydrogen-bond donors (Lipinski definition) is 1. The van der Waals surface area contributed by atoms with Crippen molar-refractivity contribution in [3.05, 3.63) is 0 Å². The molecule has 1 saturated heterocycles. The molecule has 4 saturated carbocycles. The first-order valence-corrected chi connectivity index (χ1v) is 8.70. The van der Waals surface area contributed by atoms with Crippen molar-refractivity contribution in [3.8, 4) is 0 Å². The van der Waals surface area contributed by atoms with E-state index in [9.17, 15) is 4.79 Å². The fourth-order valence-corrected chi connectivity index (χ4v) is 6.56. The van der Waals surface area contributed by atoms with Crippen molar-refractivity contribution in [1.29, 1.82) is 0 Å². The quantitative estimate of drug-likeness (QED) is 0.861. The largest absolute Gasteiger partial charge is 0.368 e. The van der Waals surface area contributed by atoms with Crippen LogP contribution in [0.5, 0.6) is 0 Å². The predicted octanol–water partition coefficient (Wildman–Crippen LogP) is 2.54. The van der Waals surface area contributed by atoms with Crippen molar-refractivity contribution >= 4 is 5.91 Å². The molecule has 0 aromatic carbocycles. The lowest BCUT2D eigenvalue weighted by Gasteiger charge is -2.60. The van der Waals surface area contributed by atoms with Crippen LogP contribution >= 0.6 is 0 Å². The molecular weight excluding hydrogens is 248 g/mol. The molecule has 0 spiro atoms. The number of nitrogens with zero attached hydrogens (tertiary/aromatic N) is 1. The Kier molecular flexibility index (Phi) is 3.10. The van der Waals surface area contributed by atoms with E-state index in [1.165, 1.54) is 57.8 Å². The Morgan fingerprint density at radius 1 is 0.950 bits per heavy atom. The highest BCUT2D eigenvalue weighted by Gasteiger charge is 2.56. The monoisotopic (exact) mass is 276 g/mol. The molecule has 1 aliphatic heterocycles. The number of likely N-dealkylation sites (tertiary alicyclic amines) is 1. The van der Waals surface area contributed by atoms with E-state index in [2.05, 4.69) is 4.90 Å². The molecule has 3 heteroatoms. The topological polar surface area (TPSA) is 46.3 Å². The van der Waals surface area contributed by atoms with Crippen LogP contribution in [0.3, 0.4) is 0 Å². The summed E-state index contributed by atoms with van der Waals surface area (Å²) < 4.78 is 0. The molecule has 0 aromatic rings. The number of amides is 1. The van der Waals surface area contributed by atoms with Gasteiger partial charge in [0.15, 0.2) is 0 Å². The maximum absolute atomic E-state index is 12.3. The number of rotatable bonds is 3. The third-order valence-electron chi connectivity index (χ3n) is 6.69. The lowest BCUT2D eigenvalue weighted by Crippen LogP contribution is -2.62. The van der Waals surface area contributed by atoms with E-state index in [1.54, 1.807) is 0 Å². The van der Waals surface area contributed by atoms with E-state index >= 15 is 0 Å². The minimum absolute atomic E-state index is 0.0335. The maximum Gasteiger partial charge on any atom is 0.235 e. The lowest BCUT2D eigenvalue weighted by molar-refractivity contribution is -0.144. The van der Waals surface area contributed by atoms with E-state index in [-0.39, 0.29) is 17.4 Å². The molecule has 2 N–H and O–H groups in total. The van der Waals surface area contributed by atoms with Crippen LogP contribution in [0.2, 0.25) is 0 Å². The van der Waals surface area contributed by atoms with E-state index in [0.29, 0.717) is 0 Å².